The van der Waals surface area contributed by atoms with Gasteiger partial charge in [-0.2, -0.15) is 0 Å². The predicted molar refractivity (Wildman–Crippen MR) is 61.5 cm³/mol. The molecule has 0 radical (unpaired) electrons. The van der Waals surface area contributed by atoms with Gasteiger partial charge >= 0.3 is 0 Å². The Morgan fingerprint density at radius 3 is 2.73 bits per heavy atom. The molecule has 82 valence electrons. The van der Waals surface area contributed by atoms with E-state index >= 15 is 0 Å². The van der Waals surface area contributed by atoms with Crippen molar-refractivity contribution in [3.05, 3.63) is 29.6 Å². The third-order valence-electron chi connectivity index (χ3n) is 1.93. The van der Waals surface area contributed by atoms with Gasteiger partial charge in [-0.15, -0.1) is 0 Å². The maximum absolute atomic E-state index is 13.2. The zero-order valence-corrected chi connectivity index (χ0v) is 9.21. The number of nitrogens with one attached hydrogen (secondary N) is 1. The molecule has 0 aliphatic rings. The van der Waals surface area contributed by atoms with E-state index in [-0.39, 0.29) is 11.9 Å². The Hall–Kier alpha value is -1.58. The minimum absolute atomic E-state index is 0.117. The first kappa shape index (κ1) is 11.5. The summed E-state index contributed by atoms with van der Waals surface area (Å²) in [6, 6.07) is 4.93. The summed E-state index contributed by atoms with van der Waals surface area (Å²) < 4.78 is 13.2. The van der Waals surface area contributed by atoms with Gasteiger partial charge in [0.2, 0.25) is 0 Å². The molecule has 0 heterocycles. The Balaban J connectivity index is 2.86. The van der Waals surface area contributed by atoms with Crippen molar-refractivity contribution in [2.24, 2.45) is 10.7 Å². The second-order valence-electron chi connectivity index (χ2n) is 3.65. The highest BCUT2D eigenvalue weighted by Crippen LogP contribution is 2.16. The van der Waals surface area contributed by atoms with Gasteiger partial charge in [0.15, 0.2) is 5.96 Å². The number of hydrogen-bond donors (Lipinski definition) is 2. The van der Waals surface area contributed by atoms with Gasteiger partial charge in [-0.05, 0) is 32.9 Å². The van der Waals surface area contributed by atoms with E-state index in [1.807, 2.05) is 13.8 Å². The van der Waals surface area contributed by atoms with Crippen LogP contribution in [0.1, 0.15) is 19.4 Å². The number of hydrogen-bond acceptors (Lipinski definition) is 1. The summed E-state index contributed by atoms with van der Waals surface area (Å²) in [7, 11) is 0. The fraction of sp³-hybridized carbons (Fsp3) is 0.364. The van der Waals surface area contributed by atoms with Crippen molar-refractivity contribution >= 4 is 11.6 Å². The van der Waals surface area contributed by atoms with Gasteiger partial charge in [0.25, 0.3) is 0 Å². The highest BCUT2D eigenvalue weighted by Gasteiger charge is 2.03. The van der Waals surface area contributed by atoms with Crippen molar-refractivity contribution in [3.63, 3.8) is 0 Å². The van der Waals surface area contributed by atoms with Gasteiger partial charge < -0.3 is 11.1 Å². The minimum Gasteiger partial charge on any atom is -0.370 e. The number of benzene rings is 1. The summed E-state index contributed by atoms with van der Waals surface area (Å²) in [5.41, 5.74) is 6.83. The lowest BCUT2D eigenvalue weighted by Gasteiger charge is -2.09. The van der Waals surface area contributed by atoms with Gasteiger partial charge in [-0.1, -0.05) is 6.07 Å². The molecular formula is C11H16FN3. The lowest BCUT2D eigenvalue weighted by atomic mass is 10.2. The Kier molecular flexibility index (Phi) is 3.66. The van der Waals surface area contributed by atoms with Crippen molar-refractivity contribution in [1.29, 1.82) is 0 Å². The molecular weight excluding hydrogens is 193 g/mol. The standard InChI is InChI=1S/C11H16FN3/c1-7(2)14-11(13)15-10-6-4-5-9(12)8(10)3/h4-7H,1-3H3,(H3,13,14,15). The molecule has 0 spiro atoms. The molecule has 15 heavy (non-hydrogen) atoms. The Morgan fingerprint density at radius 2 is 2.13 bits per heavy atom. The molecule has 0 bridgehead atoms. The molecule has 4 heteroatoms. The Bertz CT molecular complexity index is 372. The zero-order valence-electron chi connectivity index (χ0n) is 9.21. The maximum atomic E-state index is 13.2. The number of aliphatic imine (C=N–C) groups is 1. The number of nitrogens with zero attached hydrogens (tertiary/aromatic N) is 1. The van der Waals surface area contributed by atoms with E-state index in [0.717, 1.165) is 0 Å². The molecule has 0 saturated carbocycles. The van der Waals surface area contributed by atoms with E-state index in [4.69, 9.17) is 5.73 Å². The van der Waals surface area contributed by atoms with Gasteiger partial charge in [0.05, 0.1) is 0 Å². The summed E-state index contributed by atoms with van der Waals surface area (Å²) in [6.07, 6.45) is 0. The van der Waals surface area contributed by atoms with E-state index in [1.54, 1.807) is 19.1 Å². The normalized spacial score (nSPS) is 11.9. The predicted octanol–water partition coefficient (Wildman–Crippen LogP) is 2.27. The number of nitrogens with two attached hydrogens (primary N) is 1. The average Bonchev–Trinajstić information content (AvgIpc) is 2.11. The molecule has 3 N–H and O–H groups in total. The van der Waals surface area contributed by atoms with Crippen LogP contribution in [-0.2, 0) is 0 Å². The first-order valence-electron chi connectivity index (χ1n) is 4.86. The van der Waals surface area contributed by atoms with Crippen LogP contribution in [0.5, 0.6) is 0 Å². The van der Waals surface area contributed by atoms with Crippen LogP contribution in [0.4, 0.5) is 10.1 Å². The van der Waals surface area contributed by atoms with Crippen LogP contribution in [0.2, 0.25) is 0 Å². The van der Waals surface area contributed by atoms with Crippen molar-refractivity contribution in [1.82, 2.24) is 0 Å². The topological polar surface area (TPSA) is 50.4 Å². The summed E-state index contributed by atoms with van der Waals surface area (Å²) >= 11 is 0. The minimum atomic E-state index is -0.252. The van der Waals surface area contributed by atoms with Gasteiger partial charge in [-0.3, -0.25) is 4.99 Å². The molecule has 0 aromatic heterocycles. The molecule has 0 fully saturated rings. The Labute approximate surface area is 89.2 Å². The lowest BCUT2D eigenvalue weighted by Crippen LogP contribution is -2.24. The number of halogens is 1. The highest BCUT2D eigenvalue weighted by atomic mass is 19.1. The maximum Gasteiger partial charge on any atom is 0.193 e. The second kappa shape index (κ2) is 4.77. The molecule has 3 nitrogen and oxygen atoms in total. The second-order valence-corrected chi connectivity index (χ2v) is 3.65. The first-order valence-corrected chi connectivity index (χ1v) is 4.86. The summed E-state index contributed by atoms with van der Waals surface area (Å²) in [5, 5.41) is 2.87. The summed E-state index contributed by atoms with van der Waals surface area (Å²) in [6.45, 7) is 5.54. The quantitative estimate of drug-likeness (QED) is 0.580. The fourth-order valence-corrected chi connectivity index (χ4v) is 1.19. The summed E-state index contributed by atoms with van der Waals surface area (Å²) in [5.74, 6) is 0.0519. The monoisotopic (exact) mass is 209 g/mol. The fourth-order valence-electron chi connectivity index (χ4n) is 1.19. The molecule has 0 unspecified atom stereocenters. The SMILES string of the molecule is Cc1c(F)cccc1NC(N)=NC(C)C. The molecule has 1 aromatic rings. The van der Waals surface area contributed by atoms with E-state index in [1.165, 1.54) is 6.07 Å². The molecule has 0 saturated heterocycles. The first-order chi connectivity index (χ1) is 7.00. The molecule has 0 aliphatic carbocycles. The number of anilines is 1. The van der Waals surface area contributed by atoms with E-state index in [0.29, 0.717) is 17.2 Å². The molecule has 0 amide bonds. The van der Waals surface area contributed by atoms with Crippen LogP contribution in [-0.4, -0.2) is 12.0 Å². The molecule has 0 aliphatic heterocycles. The average molecular weight is 209 g/mol. The van der Waals surface area contributed by atoms with Crippen LogP contribution in [0.15, 0.2) is 23.2 Å². The van der Waals surface area contributed by atoms with Crippen molar-refractivity contribution in [2.75, 3.05) is 5.32 Å². The Morgan fingerprint density at radius 1 is 1.47 bits per heavy atom. The number of rotatable bonds is 2. The third kappa shape index (κ3) is 3.23. The largest absolute Gasteiger partial charge is 0.370 e. The molecule has 1 aromatic carbocycles. The highest BCUT2D eigenvalue weighted by molar-refractivity contribution is 5.93. The van der Waals surface area contributed by atoms with E-state index < -0.39 is 0 Å². The van der Waals surface area contributed by atoms with Gasteiger partial charge in [-0.25, -0.2) is 4.39 Å². The third-order valence-corrected chi connectivity index (χ3v) is 1.93. The van der Waals surface area contributed by atoms with Crippen LogP contribution < -0.4 is 11.1 Å². The summed E-state index contributed by atoms with van der Waals surface area (Å²) in [4.78, 5) is 4.10. The van der Waals surface area contributed by atoms with Crippen molar-refractivity contribution < 1.29 is 4.39 Å². The van der Waals surface area contributed by atoms with Crippen LogP contribution in [0, 0.1) is 12.7 Å². The molecule has 0 atom stereocenters. The van der Waals surface area contributed by atoms with Gasteiger partial charge in [0, 0.05) is 17.3 Å². The van der Waals surface area contributed by atoms with Crippen LogP contribution >= 0.6 is 0 Å². The lowest BCUT2D eigenvalue weighted by molar-refractivity contribution is 0.619. The number of guanidine groups is 1. The van der Waals surface area contributed by atoms with E-state index in [2.05, 4.69) is 10.3 Å². The van der Waals surface area contributed by atoms with E-state index in [9.17, 15) is 4.39 Å². The van der Waals surface area contributed by atoms with Crippen molar-refractivity contribution in [2.45, 2.75) is 26.8 Å². The van der Waals surface area contributed by atoms with Crippen molar-refractivity contribution in [3.8, 4) is 0 Å². The van der Waals surface area contributed by atoms with Gasteiger partial charge in [0.1, 0.15) is 5.82 Å². The van der Waals surface area contributed by atoms with Crippen LogP contribution in [0.3, 0.4) is 0 Å². The van der Waals surface area contributed by atoms with Crippen LogP contribution in [0.25, 0.3) is 0 Å². The smallest absolute Gasteiger partial charge is 0.193 e. The zero-order chi connectivity index (χ0) is 11.4. The molecule has 1 rings (SSSR count).